The van der Waals surface area contributed by atoms with E-state index in [4.69, 9.17) is 11.6 Å². The molecular formula is C15H19N7O2. The van der Waals surface area contributed by atoms with Crippen molar-refractivity contribution < 1.29 is 4.79 Å². The number of hydrazone groups is 1. The van der Waals surface area contributed by atoms with Gasteiger partial charge in [0.15, 0.2) is 5.84 Å². The summed E-state index contributed by atoms with van der Waals surface area (Å²) in [5.41, 5.74) is 7.56. The monoisotopic (exact) mass is 329 g/mol. The number of nitrogens with one attached hydrogen (secondary N) is 2. The van der Waals surface area contributed by atoms with Crippen molar-refractivity contribution in [3.05, 3.63) is 63.3 Å². The van der Waals surface area contributed by atoms with Crippen LogP contribution < -0.4 is 22.5 Å². The number of hydrazine groups is 1. The Morgan fingerprint density at radius 3 is 2.83 bits per heavy atom. The number of carbonyl (C=O) groups is 1. The second-order valence-electron chi connectivity index (χ2n) is 5.16. The van der Waals surface area contributed by atoms with E-state index in [0.29, 0.717) is 17.0 Å². The smallest absolute Gasteiger partial charge is 0.270 e. The number of amidine groups is 1. The molecule has 0 saturated heterocycles. The van der Waals surface area contributed by atoms with Crippen LogP contribution in [-0.4, -0.2) is 33.9 Å². The van der Waals surface area contributed by atoms with Crippen LogP contribution in [0.5, 0.6) is 0 Å². The first-order valence-electron chi connectivity index (χ1n) is 7.13. The largest absolute Gasteiger partial charge is 0.382 e. The van der Waals surface area contributed by atoms with Gasteiger partial charge in [-0.3, -0.25) is 9.59 Å². The maximum absolute atomic E-state index is 12.3. The van der Waals surface area contributed by atoms with Crippen LogP contribution in [0.25, 0.3) is 0 Å². The molecule has 24 heavy (non-hydrogen) atoms. The molecule has 126 valence electrons. The van der Waals surface area contributed by atoms with E-state index in [-0.39, 0.29) is 23.6 Å². The lowest BCUT2D eigenvalue weighted by molar-refractivity contribution is 0.0945. The van der Waals surface area contributed by atoms with Gasteiger partial charge in [-0.25, -0.2) is 15.9 Å². The number of aromatic amines is 1. The number of nitrogens with zero attached hydrogens (tertiary/aromatic N) is 3. The number of aromatic nitrogens is 2. The maximum Gasteiger partial charge on any atom is 0.270 e. The molecule has 2 heterocycles. The third kappa shape index (κ3) is 4.65. The van der Waals surface area contributed by atoms with Gasteiger partial charge in [-0.1, -0.05) is 6.07 Å². The summed E-state index contributed by atoms with van der Waals surface area (Å²) >= 11 is 0. The highest BCUT2D eigenvalue weighted by Crippen LogP contribution is 2.06. The fraction of sp³-hybridized carbons (Fsp3) is 0.200. The first-order valence-corrected chi connectivity index (χ1v) is 7.13. The standard InChI is InChI=1S/C15H19N7O2/c1-9-6-10(14(16)21-22(2)17)7-12(19-9)15(24)18-8-11-4-3-5-13(23)20-11/h3-7H,8,17H2,1-2H3,(H2,16,21)(H,18,24)(H,20,23). The first-order chi connectivity index (χ1) is 11.3. The lowest BCUT2D eigenvalue weighted by Gasteiger charge is -2.09. The topological polar surface area (TPSA) is 142 Å². The summed E-state index contributed by atoms with van der Waals surface area (Å²) in [5.74, 6) is 5.22. The number of carbonyl (C=O) groups excluding carboxylic acids is 1. The molecule has 0 atom stereocenters. The van der Waals surface area contributed by atoms with Crippen molar-refractivity contribution in [1.82, 2.24) is 20.4 Å². The number of rotatable bonds is 5. The predicted octanol–water partition coefficient (Wildman–Crippen LogP) is -0.566. The van der Waals surface area contributed by atoms with Gasteiger partial charge >= 0.3 is 0 Å². The Kier molecular flexibility index (Phi) is 5.27. The van der Waals surface area contributed by atoms with E-state index in [0.717, 1.165) is 5.12 Å². The zero-order chi connectivity index (χ0) is 17.7. The third-order valence-electron chi connectivity index (χ3n) is 3.02. The molecule has 2 aromatic heterocycles. The molecule has 0 radical (unpaired) electrons. The van der Waals surface area contributed by atoms with Crippen molar-refractivity contribution in [3.63, 3.8) is 0 Å². The van der Waals surface area contributed by atoms with Crippen LogP contribution in [0, 0.1) is 6.92 Å². The second-order valence-corrected chi connectivity index (χ2v) is 5.16. The number of hydrogen-bond acceptors (Lipinski definition) is 6. The van der Waals surface area contributed by atoms with E-state index < -0.39 is 5.91 Å². The lowest BCUT2D eigenvalue weighted by atomic mass is 10.1. The molecule has 0 aliphatic rings. The Hall–Kier alpha value is -3.20. The molecule has 0 fully saturated rings. The summed E-state index contributed by atoms with van der Waals surface area (Å²) in [6.45, 7) is 1.92. The van der Waals surface area contributed by atoms with Crippen LogP contribution in [0.2, 0.25) is 0 Å². The summed E-state index contributed by atoms with van der Waals surface area (Å²) in [6, 6.07) is 7.95. The maximum atomic E-state index is 12.3. The average molecular weight is 329 g/mol. The fourth-order valence-electron chi connectivity index (χ4n) is 2.02. The first kappa shape index (κ1) is 17.2. The molecule has 0 spiro atoms. The van der Waals surface area contributed by atoms with Crippen molar-refractivity contribution in [2.75, 3.05) is 7.05 Å². The zero-order valence-electron chi connectivity index (χ0n) is 13.4. The molecule has 0 saturated carbocycles. The van der Waals surface area contributed by atoms with Gasteiger partial charge in [0.2, 0.25) is 5.56 Å². The Bertz CT molecular complexity index is 827. The number of H-pyrrole nitrogens is 1. The lowest BCUT2D eigenvalue weighted by Crippen LogP contribution is -2.28. The van der Waals surface area contributed by atoms with Gasteiger partial charge in [0.25, 0.3) is 5.91 Å². The van der Waals surface area contributed by atoms with E-state index >= 15 is 0 Å². The molecule has 0 aliphatic heterocycles. The summed E-state index contributed by atoms with van der Waals surface area (Å²) in [6.07, 6.45) is 0. The van der Waals surface area contributed by atoms with Gasteiger partial charge in [0.05, 0.1) is 6.54 Å². The number of amides is 1. The van der Waals surface area contributed by atoms with E-state index in [1.807, 2.05) is 0 Å². The van der Waals surface area contributed by atoms with Crippen molar-refractivity contribution >= 4 is 11.7 Å². The van der Waals surface area contributed by atoms with Gasteiger partial charge < -0.3 is 16.0 Å². The van der Waals surface area contributed by atoms with E-state index in [1.54, 1.807) is 25.1 Å². The molecule has 2 aromatic rings. The van der Waals surface area contributed by atoms with Crippen molar-refractivity contribution in [3.8, 4) is 0 Å². The molecule has 0 unspecified atom stereocenters. The van der Waals surface area contributed by atoms with Crippen molar-refractivity contribution in [2.45, 2.75) is 13.5 Å². The normalized spacial score (nSPS) is 11.2. The fourth-order valence-corrected chi connectivity index (χ4v) is 2.02. The van der Waals surface area contributed by atoms with Crippen LogP contribution in [0.1, 0.15) is 27.4 Å². The second kappa shape index (κ2) is 7.38. The Labute approximate surface area is 138 Å². The molecule has 0 bridgehead atoms. The van der Waals surface area contributed by atoms with Crippen LogP contribution in [0.4, 0.5) is 0 Å². The molecule has 9 nitrogen and oxygen atoms in total. The van der Waals surface area contributed by atoms with Gasteiger partial charge in [0, 0.05) is 30.1 Å². The van der Waals surface area contributed by atoms with Crippen molar-refractivity contribution in [2.24, 2.45) is 16.7 Å². The Morgan fingerprint density at radius 1 is 1.42 bits per heavy atom. The highest BCUT2D eigenvalue weighted by molar-refractivity contribution is 6.00. The molecule has 2 rings (SSSR count). The third-order valence-corrected chi connectivity index (χ3v) is 3.02. The highest BCUT2D eigenvalue weighted by atomic mass is 16.2. The molecule has 6 N–H and O–H groups in total. The molecule has 0 aliphatic carbocycles. The molecular weight excluding hydrogens is 310 g/mol. The van der Waals surface area contributed by atoms with Crippen LogP contribution >= 0.6 is 0 Å². The molecule has 0 aromatic carbocycles. The minimum absolute atomic E-state index is 0.173. The van der Waals surface area contributed by atoms with Crippen molar-refractivity contribution in [1.29, 1.82) is 0 Å². The van der Waals surface area contributed by atoms with E-state index in [2.05, 4.69) is 20.4 Å². The number of aryl methyl sites for hydroxylation is 1. The minimum Gasteiger partial charge on any atom is -0.382 e. The molecule has 9 heteroatoms. The van der Waals surface area contributed by atoms with Crippen LogP contribution in [0.15, 0.2) is 40.2 Å². The molecule has 1 amide bonds. The van der Waals surface area contributed by atoms with Gasteiger partial charge in [-0.15, -0.1) is 5.10 Å². The Morgan fingerprint density at radius 2 is 2.17 bits per heavy atom. The van der Waals surface area contributed by atoms with Gasteiger partial charge in [0.1, 0.15) is 5.69 Å². The quantitative estimate of drug-likeness (QED) is 0.250. The predicted molar refractivity (Wildman–Crippen MR) is 89.9 cm³/mol. The minimum atomic E-state index is -0.390. The number of nitrogens with two attached hydrogens (primary N) is 2. The average Bonchev–Trinajstić information content (AvgIpc) is 2.51. The van der Waals surface area contributed by atoms with Crippen LogP contribution in [0.3, 0.4) is 0 Å². The number of hydrogen-bond donors (Lipinski definition) is 4. The number of pyridine rings is 2. The summed E-state index contributed by atoms with van der Waals surface area (Å²) in [5, 5.41) is 7.67. The summed E-state index contributed by atoms with van der Waals surface area (Å²) in [7, 11) is 1.54. The highest BCUT2D eigenvalue weighted by Gasteiger charge is 2.11. The van der Waals surface area contributed by atoms with E-state index in [1.165, 1.54) is 19.2 Å². The summed E-state index contributed by atoms with van der Waals surface area (Å²) in [4.78, 5) is 30.3. The van der Waals surface area contributed by atoms with Gasteiger partial charge in [-0.05, 0) is 25.1 Å². The van der Waals surface area contributed by atoms with Gasteiger partial charge in [-0.2, -0.15) is 0 Å². The van der Waals surface area contributed by atoms with E-state index in [9.17, 15) is 9.59 Å². The Balaban J connectivity index is 2.17. The van der Waals surface area contributed by atoms with Crippen LogP contribution in [-0.2, 0) is 6.54 Å². The summed E-state index contributed by atoms with van der Waals surface area (Å²) < 4.78 is 0. The SMILES string of the molecule is Cc1cc(/C(N)=N/N(C)N)cc(C(=O)NCc2cccc(=O)[nH]2)n1. The zero-order valence-corrected chi connectivity index (χ0v) is 13.4.